The van der Waals surface area contributed by atoms with E-state index >= 15 is 0 Å². The lowest BCUT2D eigenvalue weighted by molar-refractivity contribution is -0.155. The highest BCUT2D eigenvalue weighted by molar-refractivity contribution is 6.07. The average Bonchev–Trinajstić information content (AvgIpc) is 2.88. The second-order valence-corrected chi connectivity index (χ2v) is 6.21. The standard InChI is InChI=1S/C17H23N3O6/c1-2-7-18-13(21)8-19-14(22)10-26-15(23)9-20-16(24)11-5-3-4-6-12(11)17(20)25/h3-4,11-12H,2,5-10H2,1H3,(H,18,21)(H,19,22)/t11-,12+. The zero-order valence-corrected chi connectivity index (χ0v) is 14.7. The Hall–Kier alpha value is -2.71. The Morgan fingerprint density at radius 2 is 1.69 bits per heavy atom. The number of fused-ring (bicyclic) bond motifs is 1. The molecule has 0 saturated carbocycles. The minimum absolute atomic E-state index is 0.212. The van der Waals surface area contributed by atoms with Crippen LogP contribution < -0.4 is 10.6 Å². The van der Waals surface area contributed by atoms with E-state index in [4.69, 9.17) is 4.74 Å². The predicted molar refractivity (Wildman–Crippen MR) is 89.3 cm³/mol. The molecule has 1 saturated heterocycles. The van der Waals surface area contributed by atoms with Gasteiger partial charge in [-0.25, -0.2) is 0 Å². The van der Waals surface area contributed by atoms with E-state index in [-0.39, 0.29) is 24.3 Å². The van der Waals surface area contributed by atoms with Crippen LogP contribution in [0.15, 0.2) is 12.2 Å². The average molecular weight is 365 g/mol. The Bertz CT molecular complexity index is 604. The minimum Gasteiger partial charge on any atom is -0.454 e. The van der Waals surface area contributed by atoms with Crippen molar-refractivity contribution in [3.05, 3.63) is 12.2 Å². The number of nitrogens with one attached hydrogen (secondary N) is 2. The molecule has 2 aliphatic rings. The Morgan fingerprint density at radius 3 is 2.27 bits per heavy atom. The molecule has 2 rings (SSSR count). The summed E-state index contributed by atoms with van der Waals surface area (Å²) in [5.74, 6) is -3.39. The zero-order valence-electron chi connectivity index (χ0n) is 14.7. The van der Waals surface area contributed by atoms with Gasteiger partial charge in [0.1, 0.15) is 6.54 Å². The summed E-state index contributed by atoms with van der Waals surface area (Å²) >= 11 is 0. The zero-order chi connectivity index (χ0) is 19.1. The van der Waals surface area contributed by atoms with E-state index in [0.29, 0.717) is 19.4 Å². The van der Waals surface area contributed by atoms with Crippen LogP contribution in [0, 0.1) is 11.8 Å². The van der Waals surface area contributed by atoms with Gasteiger partial charge in [0.15, 0.2) is 6.61 Å². The first-order chi connectivity index (χ1) is 12.4. The molecule has 1 aliphatic heterocycles. The van der Waals surface area contributed by atoms with Crippen molar-refractivity contribution in [2.45, 2.75) is 26.2 Å². The van der Waals surface area contributed by atoms with Crippen molar-refractivity contribution in [3.63, 3.8) is 0 Å². The molecule has 26 heavy (non-hydrogen) atoms. The number of esters is 1. The monoisotopic (exact) mass is 365 g/mol. The van der Waals surface area contributed by atoms with Crippen LogP contribution in [-0.4, -0.2) is 60.7 Å². The van der Waals surface area contributed by atoms with Gasteiger partial charge in [0.05, 0.1) is 18.4 Å². The van der Waals surface area contributed by atoms with Gasteiger partial charge in [-0.05, 0) is 19.3 Å². The first-order valence-electron chi connectivity index (χ1n) is 8.63. The molecule has 0 aromatic carbocycles. The third-order valence-corrected chi connectivity index (χ3v) is 4.27. The molecule has 1 fully saturated rings. The fourth-order valence-corrected chi connectivity index (χ4v) is 2.90. The molecule has 0 aromatic heterocycles. The number of rotatable bonds is 8. The summed E-state index contributed by atoms with van der Waals surface area (Å²) in [7, 11) is 0. The molecule has 9 heteroatoms. The molecular weight excluding hydrogens is 342 g/mol. The number of carbonyl (C=O) groups excluding carboxylic acids is 5. The normalized spacial score (nSPS) is 21.3. The van der Waals surface area contributed by atoms with Crippen LogP contribution in [0.5, 0.6) is 0 Å². The quantitative estimate of drug-likeness (QED) is 0.327. The first kappa shape index (κ1) is 19.6. The number of nitrogens with zero attached hydrogens (tertiary/aromatic N) is 1. The Kier molecular flexibility index (Phi) is 6.88. The Balaban J connectivity index is 1.72. The molecule has 4 amide bonds. The largest absolute Gasteiger partial charge is 0.454 e. The molecule has 1 aliphatic carbocycles. The Morgan fingerprint density at radius 1 is 1.08 bits per heavy atom. The van der Waals surface area contributed by atoms with Gasteiger partial charge in [-0.3, -0.25) is 28.9 Å². The summed E-state index contributed by atoms with van der Waals surface area (Å²) in [6.45, 7) is 1.12. The number of amides is 4. The van der Waals surface area contributed by atoms with E-state index in [1.165, 1.54) is 0 Å². The summed E-state index contributed by atoms with van der Waals surface area (Å²) in [6.07, 6.45) is 5.47. The van der Waals surface area contributed by atoms with Crippen LogP contribution in [0.1, 0.15) is 26.2 Å². The van der Waals surface area contributed by atoms with Gasteiger partial charge in [0, 0.05) is 6.54 Å². The van der Waals surface area contributed by atoms with Crippen molar-refractivity contribution in [2.24, 2.45) is 11.8 Å². The number of imide groups is 1. The maximum atomic E-state index is 12.2. The summed E-state index contributed by atoms with van der Waals surface area (Å²) in [5, 5.41) is 4.90. The summed E-state index contributed by atoms with van der Waals surface area (Å²) in [6, 6.07) is 0. The first-order valence-corrected chi connectivity index (χ1v) is 8.63. The highest BCUT2D eigenvalue weighted by Gasteiger charge is 2.47. The van der Waals surface area contributed by atoms with Crippen molar-refractivity contribution >= 4 is 29.6 Å². The molecule has 0 unspecified atom stereocenters. The van der Waals surface area contributed by atoms with E-state index in [2.05, 4.69) is 10.6 Å². The number of ether oxygens (including phenoxy) is 1. The molecular formula is C17H23N3O6. The summed E-state index contributed by atoms with van der Waals surface area (Å²) in [5.41, 5.74) is 0. The third kappa shape index (κ3) is 4.90. The van der Waals surface area contributed by atoms with Gasteiger partial charge in [0.2, 0.25) is 17.7 Å². The number of carbonyl (C=O) groups is 5. The molecule has 0 bridgehead atoms. The van der Waals surface area contributed by atoms with Crippen LogP contribution in [0.3, 0.4) is 0 Å². The molecule has 0 spiro atoms. The lowest BCUT2D eigenvalue weighted by Gasteiger charge is -2.14. The number of hydrogen-bond acceptors (Lipinski definition) is 6. The lowest BCUT2D eigenvalue weighted by atomic mass is 9.85. The topological polar surface area (TPSA) is 122 Å². The summed E-state index contributed by atoms with van der Waals surface area (Å²) in [4.78, 5) is 60.1. The van der Waals surface area contributed by atoms with Crippen molar-refractivity contribution < 1.29 is 28.7 Å². The van der Waals surface area contributed by atoms with Gasteiger partial charge in [0.25, 0.3) is 5.91 Å². The highest BCUT2D eigenvalue weighted by Crippen LogP contribution is 2.34. The van der Waals surface area contributed by atoms with Crippen molar-refractivity contribution in [2.75, 3.05) is 26.2 Å². The van der Waals surface area contributed by atoms with Gasteiger partial charge in [-0.2, -0.15) is 0 Å². The second kappa shape index (κ2) is 9.12. The van der Waals surface area contributed by atoms with Crippen LogP contribution in [0.25, 0.3) is 0 Å². The smallest absolute Gasteiger partial charge is 0.326 e. The van der Waals surface area contributed by atoms with E-state index in [9.17, 15) is 24.0 Å². The maximum Gasteiger partial charge on any atom is 0.326 e. The molecule has 142 valence electrons. The van der Waals surface area contributed by atoms with Crippen LogP contribution in [0.4, 0.5) is 0 Å². The van der Waals surface area contributed by atoms with Gasteiger partial charge in [-0.1, -0.05) is 19.1 Å². The minimum atomic E-state index is -0.844. The highest BCUT2D eigenvalue weighted by atomic mass is 16.5. The number of hydrogen-bond donors (Lipinski definition) is 2. The van der Waals surface area contributed by atoms with Gasteiger partial charge in [-0.15, -0.1) is 0 Å². The SMILES string of the molecule is CCCNC(=O)CNC(=O)COC(=O)CN1C(=O)[C@H]2CC=CC[C@H]2C1=O. The van der Waals surface area contributed by atoms with Crippen LogP contribution in [0.2, 0.25) is 0 Å². The molecule has 1 heterocycles. The van der Waals surface area contributed by atoms with Crippen molar-refractivity contribution in [1.82, 2.24) is 15.5 Å². The molecule has 9 nitrogen and oxygen atoms in total. The molecule has 2 N–H and O–H groups in total. The van der Waals surface area contributed by atoms with Crippen molar-refractivity contribution in [1.29, 1.82) is 0 Å². The predicted octanol–water partition coefficient (Wildman–Crippen LogP) is -0.877. The molecule has 0 radical (unpaired) electrons. The molecule has 0 aromatic rings. The number of allylic oxidation sites excluding steroid dienone is 2. The third-order valence-electron chi connectivity index (χ3n) is 4.27. The fourth-order valence-electron chi connectivity index (χ4n) is 2.90. The maximum absolute atomic E-state index is 12.2. The van der Waals surface area contributed by atoms with Crippen molar-refractivity contribution in [3.8, 4) is 0 Å². The summed E-state index contributed by atoms with van der Waals surface area (Å²) < 4.78 is 4.78. The van der Waals surface area contributed by atoms with E-state index in [1.807, 2.05) is 19.1 Å². The van der Waals surface area contributed by atoms with E-state index in [0.717, 1.165) is 11.3 Å². The number of likely N-dealkylation sites (tertiary alicyclic amines) is 1. The second-order valence-electron chi connectivity index (χ2n) is 6.21. The Labute approximate surface area is 151 Å². The lowest BCUT2D eigenvalue weighted by Crippen LogP contribution is -2.40. The van der Waals surface area contributed by atoms with E-state index < -0.39 is 36.9 Å². The fraction of sp³-hybridized carbons (Fsp3) is 0.588. The van der Waals surface area contributed by atoms with Gasteiger partial charge >= 0.3 is 5.97 Å². The van der Waals surface area contributed by atoms with E-state index in [1.54, 1.807) is 0 Å². The van der Waals surface area contributed by atoms with Crippen LogP contribution in [-0.2, 0) is 28.7 Å². The van der Waals surface area contributed by atoms with Crippen LogP contribution >= 0.6 is 0 Å². The van der Waals surface area contributed by atoms with Gasteiger partial charge < -0.3 is 15.4 Å². The molecule has 2 atom stereocenters.